The van der Waals surface area contributed by atoms with E-state index in [-0.39, 0.29) is 11.3 Å². The largest absolute Gasteiger partial charge is 0.507 e. The Labute approximate surface area is 156 Å². The summed E-state index contributed by atoms with van der Waals surface area (Å²) >= 11 is 0. The molecule has 2 aromatic rings. The summed E-state index contributed by atoms with van der Waals surface area (Å²) in [5, 5.41) is 9.82. The number of rotatable bonds is 6. The van der Waals surface area contributed by atoms with Gasteiger partial charge >= 0.3 is 5.97 Å². The first kappa shape index (κ1) is 19.8. The second-order valence-electron chi connectivity index (χ2n) is 5.51. The molecule has 142 valence electrons. The Morgan fingerprint density at radius 2 is 1.74 bits per heavy atom. The number of carbonyl (C=O) groups excluding carboxylic acids is 3. The van der Waals surface area contributed by atoms with Crippen molar-refractivity contribution < 1.29 is 29.0 Å². The van der Waals surface area contributed by atoms with E-state index in [2.05, 4.69) is 10.9 Å². The van der Waals surface area contributed by atoms with Crippen molar-refractivity contribution in [1.29, 1.82) is 0 Å². The highest BCUT2D eigenvalue weighted by molar-refractivity contribution is 5.96. The highest BCUT2D eigenvalue weighted by Gasteiger charge is 2.16. The summed E-state index contributed by atoms with van der Waals surface area (Å²) in [5.74, 6) is -1.68. The molecule has 0 fully saturated rings. The zero-order valence-corrected chi connectivity index (χ0v) is 14.9. The molecule has 0 atom stereocenters. The van der Waals surface area contributed by atoms with Gasteiger partial charge in [-0.25, -0.2) is 4.79 Å². The van der Waals surface area contributed by atoms with Gasteiger partial charge in [0.05, 0.1) is 6.61 Å². The van der Waals surface area contributed by atoms with Crippen LogP contribution in [0, 0.1) is 6.92 Å². The number of amides is 2. The van der Waals surface area contributed by atoms with Gasteiger partial charge in [0.25, 0.3) is 11.8 Å². The normalized spacial score (nSPS) is 10.0. The van der Waals surface area contributed by atoms with Crippen LogP contribution < -0.4 is 15.6 Å². The van der Waals surface area contributed by atoms with E-state index in [0.29, 0.717) is 23.5 Å². The monoisotopic (exact) mass is 372 g/mol. The lowest BCUT2D eigenvalue weighted by molar-refractivity contribution is -0.125. The average molecular weight is 372 g/mol. The van der Waals surface area contributed by atoms with Gasteiger partial charge in [-0.1, -0.05) is 12.1 Å². The molecule has 0 spiro atoms. The molecule has 0 bridgehead atoms. The number of hydrazine groups is 1. The average Bonchev–Trinajstić information content (AvgIpc) is 2.67. The number of nitrogens with one attached hydrogen (secondary N) is 2. The van der Waals surface area contributed by atoms with Gasteiger partial charge in [-0.05, 0) is 49.7 Å². The van der Waals surface area contributed by atoms with Gasteiger partial charge < -0.3 is 14.6 Å². The van der Waals surface area contributed by atoms with Gasteiger partial charge in [-0.2, -0.15) is 0 Å². The molecule has 0 aromatic heterocycles. The van der Waals surface area contributed by atoms with E-state index in [1.165, 1.54) is 6.07 Å². The van der Waals surface area contributed by atoms with E-state index in [1.54, 1.807) is 43.3 Å². The Balaban J connectivity index is 1.81. The molecule has 2 rings (SSSR count). The number of hydrogen-bond donors (Lipinski definition) is 3. The SMILES string of the molecule is CCOc1ccc(C(=O)NNC(=O)COC(=O)c2cccc(C)c2O)cc1. The van der Waals surface area contributed by atoms with E-state index < -0.39 is 24.4 Å². The molecular formula is C19H20N2O6. The Bertz CT molecular complexity index is 833. The third kappa shape index (κ3) is 5.46. The predicted octanol–water partition coefficient (Wildman–Crippen LogP) is 1.72. The second-order valence-corrected chi connectivity index (χ2v) is 5.51. The number of carbonyl (C=O) groups is 3. The van der Waals surface area contributed by atoms with Crippen molar-refractivity contribution in [3.8, 4) is 11.5 Å². The van der Waals surface area contributed by atoms with E-state index in [4.69, 9.17) is 9.47 Å². The molecule has 8 nitrogen and oxygen atoms in total. The maximum Gasteiger partial charge on any atom is 0.342 e. The standard InChI is InChI=1S/C19H20N2O6/c1-3-26-14-9-7-13(8-10-14)18(24)21-20-16(22)11-27-19(25)15-6-4-5-12(2)17(15)23/h4-10,23H,3,11H2,1-2H3,(H,20,22)(H,21,24). The number of esters is 1. The molecule has 2 aromatic carbocycles. The molecule has 2 amide bonds. The summed E-state index contributed by atoms with van der Waals surface area (Å²) in [6, 6.07) is 11.0. The summed E-state index contributed by atoms with van der Waals surface area (Å²) < 4.78 is 10.1. The molecule has 3 N–H and O–H groups in total. The Kier molecular flexibility index (Phi) is 6.76. The van der Waals surface area contributed by atoms with Crippen molar-refractivity contribution in [2.24, 2.45) is 0 Å². The van der Waals surface area contributed by atoms with E-state index >= 15 is 0 Å². The summed E-state index contributed by atoms with van der Waals surface area (Å²) in [4.78, 5) is 35.6. The number of phenols is 1. The molecule has 0 aliphatic heterocycles. The lowest BCUT2D eigenvalue weighted by atomic mass is 10.1. The van der Waals surface area contributed by atoms with Gasteiger partial charge in [0.15, 0.2) is 6.61 Å². The van der Waals surface area contributed by atoms with Crippen LogP contribution in [0.4, 0.5) is 0 Å². The topological polar surface area (TPSA) is 114 Å². The van der Waals surface area contributed by atoms with E-state index in [1.807, 2.05) is 6.92 Å². The smallest absolute Gasteiger partial charge is 0.342 e. The number of phenolic OH excluding ortho intramolecular Hbond substituents is 1. The Morgan fingerprint density at radius 3 is 2.41 bits per heavy atom. The number of para-hydroxylation sites is 1. The maximum absolute atomic E-state index is 12.0. The minimum Gasteiger partial charge on any atom is -0.507 e. The Hall–Kier alpha value is -3.55. The lowest BCUT2D eigenvalue weighted by Gasteiger charge is -2.10. The van der Waals surface area contributed by atoms with Crippen molar-refractivity contribution in [1.82, 2.24) is 10.9 Å². The molecule has 27 heavy (non-hydrogen) atoms. The van der Waals surface area contributed by atoms with Gasteiger partial charge in [0, 0.05) is 5.56 Å². The molecule has 0 radical (unpaired) electrons. The summed E-state index contributed by atoms with van der Waals surface area (Å²) in [5.41, 5.74) is 5.15. The predicted molar refractivity (Wildman–Crippen MR) is 96.3 cm³/mol. The second kappa shape index (κ2) is 9.23. The molecule has 0 aliphatic carbocycles. The van der Waals surface area contributed by atoms with E-state index in [0.717, 1.165) is 0 Å². The van der Waals surface area contributed by atoms with Gasteiger partial charge in [-0.15, -0.1) is 0 Å². The first-order valence-corrected chi connectivity index (χ1v) is 8.20. The zero-order chi connectivity index (χ0) is 19.8. The van der Waals surface area contributed by atoms with Crippen molar-refractivity contribution in [2.45, 2.75) is 13.8 Å². The number of ether oxygens (including phenoxy) is 2. The van der Waals surface area contributed by atoms with Crippen molar-refractivity contribution in [3.05, 3.63) is 59.2 Å². The minimum atomic E-state index is -0.843. The van der Waals surface area contributed by atoms with Crippen LogP contribution in [-0.2, 0) is 9.53 Å². The van der Waals surface area contributed by atoms with Crippen LogP contribution in [0.25, 0.3) is 0 Å². The molecule has 0 saturated carbocycles. The van der Waals surface area contributed by atoms with Crippen molar-refractivity contribution in [2.75, 3.05) is 13.2 Å². The van der Waals surface area contributed by atoms with Crippen LogP contribution in [0.1, 0.15) is 33.2 Å². The van der Waals surface area contributed by atoms with Gasteiger partial charge in [0.1, 0.15) is 17.1 Å². The Morgan fingerprint density at radius 1 is 1.04 bits per heavy atom. The quantitative estimate of drug-likeness (QED) is 0.525. The van der Waals surface area contributed by atoms with Crippen LogP contribution in [0.15, 0.2) is 42.5 Å². The fourth-order valence-electron chi connectivity index (χ4n) is 2.14. The first-order valence-electron chi connectivity index (χ1n) is 8.20. The minimum absolute atomic E-state index is 0.0405. The number of aromatic hydroxyl groups is 1. The molecule has 0 saturated heterocycles. The maximum atomic E-state index is 12.0. The number of benzene rings is 2. The highest BCUT2D eigenvalue weighted by Crippen LogP contribution is 2.21. The van der Waals surface area contributed by atoms with Gasteiger partial charge in [0.2, 0.25) is 0 Å². The van der Waals surface area contributed by atoms with Crippen LogP contribution in [0.3, 0.4) is 0 Å². The first-order chi connectivity index (χ1) is 12.9. The van der Waals surface area contributed by atoms with Crippen LogP contribution in [0.2, 0.25) is 0 Å². The fourth-order valence-corrected chi connectivity index (χ4v) is 2.14. The fraction of sp³-hybridized carbons (Fsp3) is 0.211. The van der Waals surface area contributed by atoms with Crippen molar-refractivity contribution >= 4 is 17.8 Å². The van der Waals surface area contributed by atoms with E-state index in [9.17, 15) is 19.5 Å². The van der Waals surface area contributed by atoms with Crippen molar-refractivity contribution in [3.63, 3.8) is 0 Å². The van der Waals surface area contributed by atoms with Crippen LogP contribution in [0.5, 0.6) is 11.5 Å². The molecule has 0 unspecified atom stereocenters. The van der Waals surface area contributed by atoms with Crippen LogP contribution >= 0.6 is 0 Å². The third-order valence-corrected chi connectivity index (χ3v) is 3.53. The number of aryl methyl sites for hydroxylation is 1. The summed E-state index contributed by atoms with van der Waals surface area (Å²) in [6.45, 7) is 3.38. The highest BCUT2D eigenvalue weighted by atomic mass is 16.5. The third-order valence-electron chi connectivity index (χ3n) is 3.53. The van der Waals surface area contributed by atoms with Crippen LogP contribution in [-0.4, -0.2) is 36.1 Å². The molecule has 8 heteroatoms. The summed E-state index contributed by atoms with van der Waals surface area (Å²) in [6.07, 6.45) is 0. The molecule has 0 heterocycles. The molecular weight excluding hydrogens is 352 g/mol. The zero-order valence-electron chi connectivity index (χ0n) is 14.9. The lowest BCUT2D eigenvalue weighted by Crippen LogP contribution is -2.43. The van der Waals surface area contributed by atoms with Gasteiger partial charge in [-0.3, -0.25) is 20.4 Å². The summed E-state index contributed by atoms with van der Waals surface area (Å²) in [7, 11) is 0. The number of hydrogen-bond acceptors (Lipinski definition) is 6. The molecule has 0 aliphatic rings.